The number of ether oxygens (including phenoxy) is 1. The highest BCUT2D eigenvalue weighted by Gasteiger charge is 2.36. The summed E-state index contributed by atoms with van der Waals surface area (Å²) in [6.45, 7) is 2.27. The Morgan fingerprint density at radius 1 is 1.12 bits per heavy atom. The van der Waals surface area contributed by atoms with Crippen LogP contribution in [0.25, 0.3) is 11.1 Å². The minimum Gasteiger partial charge on any atom is -0.480 e. The lowest BCUT2D eigenvalue weighted by Crippen LogP contribution is -2.44. The molecule has 8 heteroatoms. The van der Waals surface area contributed by atoms with E-state index in [0.29, 0.717) is 18.1 Å². The number of fused-ring (bicyclic) bond motifs is 3. The molecule has 2 N–H and O–H groups in total. The molecule has 168 valence electrons. The van der Waals surface area contributed by atoms with Gasteiger partial charge in [-0.3, -0.25) is 4.79 Å². The molecule has 1 heterocycles. The van der Waals surface area contributed by atoms with Gasteiger partial charge in [-0.2, -0.15) is 0 Å². The summed E-state index contributed by atoms with van der Waals surface area (Å²) in [6.07, 6.45) is -0.108. The molecule has 2 atom stereocenters. The maximum absolute atomic E-state index is 12.6. The third-order valence-electron chi connectivity index (χ3n) is 6.06. The van der Waals surface area contributed by atoms with E-state index in [0.717, 1.165) is 11.1 Å². The monoisotopic (exact) mass is 454 g/mol. The molecule has 0 saturated carbocycles. The third kappa shape index (κ3) is 4.46. The van der Waals surface area contributed by atoms with Gasteiger partial charge in [0.2, 0.25) is 5.91 Å². The molecule has 0 bridgehead atoms. The minimum atomic E-state index is -0.979. The molecule has 1 aliphatic heterocycles. The van der Waals surface area contributed by atoms with Crippen LogP contribution >= 0.6 is 11.8 Å². The number of hydrogen-bond acceptors (Lipinski definition) is 5. The van der Waals surface area contributed by atoms with E-state index in [1.54, 1.807) is 6.92 Å². The number of nitrogens with zero attached hydrogens (tertiary/aromatic N) is 1. The van der Waals surface area contributed by atoms with Gasteiger partial charge in [0.25, 0.3) is 0 Å². The van der Waals surface area contributed by atoms with Crippen LogP contribution < -0.4 is 5.32 Å². The maximum atomic E-state index is 12.6. The lowest BCUT2D eigenvalue weighted by atomic mass is 9.98. The Labute approximate surface area is 191 Å². The molecule has 2 aromatic carbocycles. The first-order chi connectivity index (χ1) is 15.5. The second kappa shape index (κ2) is 9.65. The fourth-order valence-electron chi connectivity index (χ4n) is 4.31. The summed E-state index contributed by atoms with van der Waals surface area (Å²) in [7, 11) is 0. The van der Waals surface area contributed by atoms with Crippen molar-refractivity contribution >= 4 is 29.7 Å². The SMILES string of the molecule is CC(CCNC(=O)OCC1c2ccccc2-c2ccccc21)C(=O)N1CSCC1C(=O)O. The van der Waals surface area contributed by atoms with E-state index in [4.69, 9.17) is 4.74 Å². The van der Waals surface area contributed by atoms with Crippen molar-refractivity contribution in [2.24, 2.45) is 5.92 Å². The van der Waals surface area contributed by atoms with Crippen molar-refractivity contribution in [3.8, 4) is 11.1 Å². The van der Waals surface area contributed by atoms with Crippen LogP contribution in [0.4, 0.5) is 4.79 Å². The van der Waals surface area contributed by atoms with Crippen molar-refractivity contribution in [2.75, 3.05) is 24.8 Å². The Kier molecular flexibility index (Phi) is 6.69. The summed E-state index contributed by atoms with van der Waals surface area (Å²) < 4.78 is 5.50. The van der Waals surface area contributed by atoms with E-state index in [1.807, 2.05) is 24.3 Å². The maximum Gasteiger partial charge on any atom is 0.407 e. The van der Waals surface area contributed by atoms with Gasteiger partial charge >= 0.3 is 12.1 Å². The second-order valence-corrected chi connectivity index (χ2v) is 9.10. The summed E-state index contributed by atoms with van der Waals surface area (Å²) in [6, 6.07) is 15.5. The molecule has 32 heavy (non-hydrogen) atoms. The molecule has 1 saturated heterocycles. The van der Waals surface area contributed by atoms with Gasteiger partial charge in [-0.05, 0) is 28.7 Å². The topological polar surface area (TPSA) is 95.9 Å². The smallest absolute Gasteiger partial charge is 0.407 e. The van der Waals surface area contributed by atoms with Crippen LogP contribution in [0.5, 0.6) is 0 Å². The highest BCUT2D eigenvalue weighted by molar-refractivity contribution is 7.99. The van der Waals surface area contributed by atoms with Gasteiger partial charge in [-0.25, -0.2) is 9.59 Å². The first-order valence-electron chi connectivity index (χ1n) is 10.7. The Morgan fingerprint density at radius 3 is 2.38 bits per heavy atom. The van der Waals surface area contributed by atoms with Crippen LogP contribution in [-0.4, -0.2) is 58.8 Å². The third-order valence-corrected chi connectivity index (χ3v) is 7.07. The van der Waals surface area contributed by atoms with E-state index >= 15 is 0 Å². The highest BCUT2D eigenvalue weighted by atomic mass is 32.2. The van der Waals surface area contributed by atoms with Gasteiger partial charge in [-0.1, -0.05) is 55.5 Å². The first kappa shape index (κ1) is 22.2. The molecule has 0 radical (unpaired) electrons. The molecule has 7 nitrogen and oxygen atoms in total. The van der Waals surface area contributed by atoms with Crippen molar-refractivity contribution in [3.05, 3.63) is 59.7 Å². The molecule has 2 aromatic rings. The minimum absolute atomic E-state index is 0.00531. The van der Waals surface area contributed by atoms with Crippen LogP contribution in [0, 0.1) is 5.92 Å². The van der Waals surface area contributed by atoms with Crippen molar-refractivity contribution < 1.29 is 24.2 Å². The average Bonchev–Trinajstić information content (AvgIpc) is 3.41. The molecule has 2 unspecified atom stereocenters. The number of rotatable bonds is 7. The zero-order valence-electron chi connectivity index (χ0n) is 17.8. The fourth-order valence-corrected chi connectivity index (χ4v) is 5.47. The summed E-state index contributed by atoms with van der Waals surface area (Å²) in [4.78, 5) is 37.5. The van der Waals surface area contributed by atoms with Crippen molar-refractivity contribution in [1.82, 2.24) is 10.2 Å². The van der Waals surface area contributed by atoms with E-state index in [-0.39, 0.29) is 30.9 Å². The number of carboxylic acid groups (broad SMARTS) is 1. The molecular weight excluding hydrogens is 428 g/mol. The molecule has 0 spiro atoms. The molecule has 1 fully saturated rings. The van der Waals surface area contributed by atoms with E-state index < -0.39 is 18.1 Å². The second-order valence-electron chi connectivity index (χ2n) is 8.10. The Morgan fingerprint density at radius 2 is 1.75 bits per heavy atom. The van der Waals surface area contributed by atoms with Crippen molar-refractivity contribution in [3.63, 3.8) is 0 Å². The van der Waals surface area contributed by atoms with Gasteiger partial charge in [0, 0.05) is 24.1 Å². The van der Waals surface area contributed by atoms with Crippen molar-refractivity contribution in [2.45, 2.75) is 25.3 Å². The summed E-state index contributed by atoms with van der Waals surface area (Å²) in [5, 5.41) is 12.0. The Bertz CT molecular complexity index is 981. The van der Waals surface area contributed by atoms with Crippen LogP contribution in [0.3, 0.4) is 0 Å². The van der Waals surface area contributed by atoms with Crippen molar-refractivity contribution in [1.29, 1.82) is 0 Å². The van der Waals surface area contributed by atoms with Gasteiger partial charge in [0.15, 0.2) is 0 Å². The Balaban J connectivity index is 1.26. The Hall–Kier alpha value is -3.00. The van der Waals surface area contributed by atoms with E-state index in [1.165, 1.54) is 27.8 Å². The van der Waals surface area contributed by atoms with Crippen LogP contribution in [0.15, 0.2) is 48.5 Å². The quantitative estimate of drug-likeness (QED) is 0.664. The van der Waals surface area contributed by atoms with Gasteiger partial charge < -0.3 is 20.1 Å². The fraction of sp³-hybridized carbons (Fsp3) is 0.375. The zero-order valence-corrected chi connectivity index (χ0v) is 18.6. The summed E-state index contributed by atoms with van der Waals surface area (Å²) in [5.41, 5.74) is 4.64. The number of nitrogens with one attached hydrogen (secondary N) is 1. The predicted molar refractivity (Wildman–Crippen MR) is 122 cm³/mol. The lowest BCUT2D eigenvalue weighted by Gasteiger charge is -2.24. The normalized spacial score (nSPS) is 18.0. The predicted octanol–water partition coefficient (Wildman–Crippen LogP) is 3.54. The number of alkyl carbamates (subject to hydrolysis) is 1. The number of carbonyl (C=O) groups is 3. The number of thioether (sulfide) groups is 1. The summed E-state index contributed by atoms with van der Waals surface area (Å²) >= 11 is 1.44. The van der Waals surface area contributed by atoms with E-state index in [9.17, 15) is 19.5 Å². The van der Waals surface area contributed by atoms with Crippen LogP contribution in [0.1, 0.15) is 30.4 Å². The van der Waals surface area contributed by atoms with E-state index in [2.05, 4.69) is 29.6 Å². The number of aliphatic carboxylic acids is 1. The van der Waals surface area contributed by atoms with Gasteiger partial charge in [-0.15, -0.1) is 11.8 Å². The number of amides is 2. The first-order valence-corrected chi connectivity index (χ1v) is 11.8. The summed E-state index contributed by atoms with van der Waals surface area (Å²) in [5.74, 6) is -0.770. The number of carbonyl (C=O) groups excluding carboxylic acids is 2. The zero-order chi connectivity index (χ0) is 22.7. The number of carboxylic acids is 1. The highest BCUT2D eigenvalue weighted by Crippen LogP contribution is 2.44. The molecule has 2 amide bonds. The lowest BCUT2D eigenvalue weighted by molar-refractivity contribution is -0.149. The molecular formula is C24H26N2O5S. The van der Waals surface area contributed by atoms with Gasteiger partial charge in [0.05, 0.1) is 5.88 Å². The number of hydrogen-bond donors (Lipinski definition) is 2. The van der Waals surface area contributed by atoms with Gasteiger partial charge in [0.1, 0.15) is 12.6 Å². The van der Waals surface area contributed by atoms with Crippen LogP contribution in [0.2, 0.25) is 0 Å². The standard InChI is InChI=1S/C24H26N2O5S/c1-15(22(27)26-14-32-13-21(26)23(28)29)10-11-25-24(30)31-12-20-18-8-4-2-6-16(18)17-7-3-5-9-19(17)20/h2-9,15,20-21H,10-14H2,1H3,(H,25,30)(H,28,29). The average molecular weight is 455 g/mol. The molecule has 1 aliphatic carbocycles. The molecule has 2 aliphatic rings. The number of benzene rings is 2. The largest absolute Gasteiger partial charge is 0.480 e. The molecule has 0 aromatic heterocycles. The van der Waals surface area contributed by atoms with Crippen LogP contribution in [-0.2, 0) is 14.3 Å². The molecule has 4 rings (SSSR count).